The second-order valence-electron chi connectivity index (χ2n) is 3.67. The van der Waals surface area contributed by atoms with Crippen LogP contribution in [0.15, 0.2) is 22.7 Å². The molecule has 3 heteroatoms. The number of benzene rings is 1. The first-order valence-electron chi connectivity index (χ1n) is 5.27. The predicted octanol–water partition coefficient (Wildman–Crippen LogP) is 3.65. The lowest BCUT2D eigenvalue weighted by atomic mass is 10.0. The third-order valence-electron chi connectivity index (χ3n) is 2.43. The van der Waals surface area contributed by atoms with Crippen molar-refractivity contribution in [1.82, 2.24) is 0 Å². The summed E-state index contributed by atoms with van der Waals surface area (Å²) in [4.78, 5) is 0. The molecule has 0 spiro atoms. The molecular weight excluding hydrogens is 254 g/mol. The van der Waals surface area contributed by atoms with Gasteiger partial charge in [0.25, 0.3) is 0 Å². The highest BCUT2D eigenvalue weighted by atomic mass is 79.9. The van der Waals surface area contributed by atoms with Gasteiger partial charge in [-0.05, 0) is 30.2 Å². The first-order valence-corrected chi connectivity index (χ1v) is 6.06. The van der Waals surface area contributed by atoms with Gasteiger partial charge < -0.3 is 10.5 Å². The summed E-state index contributed by atoms with van der Waals surface area (Å²) < 4.78 is 6.22. The number of unbranched alkanes of at least 4 members (excludes halogenated alkanes) is 1. The molecule has 1 aromatic carbocycles. The second-order valence-corrected chi connectivity index (χ2v) is 4.59. The number of hydrogen-bond donors (Lipinski definition) is 1. The number of methoxy groups -OCH3 is 1. The fourth-order valence-corrected chi connectivity index (χ4v) is 2.00. The van der Waals surface area contributed by atoms with Gasteiger partial charge in [0.15, 0.2) is 0 Å². The van der Waals surface area contributed by atoms with Crippen LogP contribution in [0.5, 0.6) is 5.75 Å². The molecular formula is C12H18BrNO. The predicted molar refractivity (Wildman–Crippen MR) is 67.1 cm³/mol. The van der Waals surface area contributed by atoms with E-state index >= 15 is 0 Å². The molecule has 0 bridgehead atoms. The average Bonchev–Trinajstić information content (AvgIpc) is 2.24. The van der Waals surface area contributed by atoms with Crippen LogP contribution in [0.2, 0.25) is 0 Å². The summed E-state index contributed by atoms with van der Waals surface area (Å²) in [5.41, 5.74) is 7.23. The standard InChI is InChI=1S/C12H18BrNO/c1-3-4-5-12(14)9-6-10(13)8-11(7-9)15-2/h6-8,12H,3-5,14H2,1-2H3. The van der Waals surface area contributed by atoms with E-state index in [2.05, 4.69) is 28.9 Å². The third kappa shape index (κ3) is 3.84. The molecule has 0 fully saturated rings. The van der Waals surface area contributed by atoms with Crippen molar-refractivity contribution >= 4 is 15.9 Å². The van der Waals surface area contributed by atoms with Crippen LogP contribution in [0.3, 0.4) is 0 Å². The number of nitrogens with two attached hydrogens (primary N) is 1. The molecule has 0 heterocycles. The number of rotatable bonds is 5. The molecule has 0 radical (unpaired) electrons. The van der Waals surface area contributed by atoms with Gasteiger partial charge in [0.1, 0.15) is 5.75 Å². The summed E-state index contributed by atoms with van der Waals surface area (Å²) in [5.74, 6) is 0.853. The zero-order chi connectivity index (χ0) is 11.3. The first-order chi connectivity index (χ1) is 7.17. The van der Waals surface area contributed by atoms with Crippen molar-refractivity contribution in [2.45, 2.75) is 32.2 Å². The van der Waals surface area contributed by atoms with Crippen LogP contribution in [-0.2, 0) is 0 Å². The lowest BCUT2D eigenvalue weighted by Gasteiger charge is -2.13. The SMILES string of the molecule is CCCCC(N)c1cc(Br)cc(OC)c1. The number of hydrogen-bond acceptors (Lipinski definition) is 2. The van der Waals surface area contributed by atoms with E-state index in [-0.39, 0.29) is 6.04 Å². The average molecular weight is 272 g/mol. The van der Waals surface area contributed by atoms with Crippen molar-refractivity contribution in [3.8, 4) is 5.75 Å². The molecule has 0 aliphatic rings. The molecule has 1 unspecified atom stereocenters. The summed E-state index contributed by atoms with van der Waals surface area (Å²) in [6.07, 6.45) is 3.37. The lowest BCUT2D eigenvalue weighted by molar-refractivity contribution is 0.413. The van der Waals surface area contributed by atoms with E-state index in [1.165, 1.54) is 6.42 Å². The topological polar surface area (TPSA) is 35.2 Å². The van der Waals surface area contributed by atoms with E-state index in [1.54, 1.807) is 7.11 Å². The molecule has 84 valence electrons. The molecule has 2 N–H and O–H groups in total. The Morgan fingerprint density at radius 1 is 1.40 bits per heavy atom. The Kier molecular flexibility index (Phi) is 5.12. The van der Waals surface area contributed by atoms with Gasteiger partial charge in [-0.25, -0.2) is 0 Å². The van der Waals surface area contributed by atoms with Gasteiger partial charge in [0, 0.05) is 10.5 Å². The van der Waals surface area contributed by atoms with Crippen LogP contribution < -0.4 is 10.5 Å². The van der Waals surface area contributed by atoms with Crippen LogP contribution in [-0.4, -0.2) is 7.11 Å². The Labute approximate surface area is 99.9 Å². The minimum absolute atomic E-state index is 0.108. The zero-order valence-corrected chi connectivity index (χ0v) is 10.9. The zero-order valence-electron chi connectivity index (χ0n) is 9.29. The van der Waals surface area contributed by atoms with Gasteiger partial charge in [-0.1, -0.05) is 35.7 Å². The van der Waals surface area contributed by atoms with Gasteiger partial charge in [-0.3, -0.25) is 0 Å². The molecule has 0 aromatic heterocycles. The number of halogens is 1. The monoisotopic (exact) mass is 271 g/mol. The summed E-state index contributed by atoms with van der Waals surface area (Å²) in [5, 5.41) is 0. The maximum absolute atomic E-state index is 6.10. The van der Waals surface area contributed by atoms with Gasteiger partial charge in [-0.15, -0.1) is 0 Å². The van der Waals surface area contributed by atoms with E-state index in [9.17, 15) is 0 Å². The Balaban J connectivity index is 2.78. The van der Waals surface area contributed by atoms with Crippen molar-refractivity contribution in [3.63, 3.8) is 0 Å². The van der Waals surface area contributed by atoms with Crippen LogP contribution >= 0.6 is 15.9 Å². The highest BCUT2D eigenvalue weighted by molar-refractivity contribution is 9.10. The minimum Gasteiger partial charge on any atom is -0.497 e. The maximum Gasteiger partial charge on any atom is 0.120 e. The van der Waals surface area contributed by atoms with E-state index in [0.29, 0.717) is 0 Å². The molecule has 1 rings (SSSR count). The molecule has 0 saturated heterocycles. The van der Waals surface area contributed by atoms with Crippen molar-refractivity contribution in [2.24, 2.45) is 5.73 Å². The van der Waals surface area contributed by atoms with Gasteiger partial charge >= 0.3 is 0 Å². The lowest BCUT2D eigenvalue weighted by Crippen LogP contribution is -2.10. The van der Waals surface area contributed by atoms with Crippen molar-refractivity contribution < 1.29 is 4.74 Å². The largest absolute Gasteiger partial charge is 0.497 e. The molecule has 15 heavy (non-hydrogen) atoms. The van der Waals surface area contributed by atoms with Crippen molar-refractivity contribution in [2.75, 3.05) is 7.11 Å². The summed E-state index contributed by atoms with van der Waals surface area (Å²) in [6.45, 7) is 2.17. The molecule has 0 aliphatic carbocycles. The van der Waals surface area contributed by atoms with Crippen LogP contribution in [0.1, 0.15) is 37.8 Å². The van der Waals surface area contributed by atoms with Gasteiger partial charge in [-0.2, -0.15) is 0 Å². The van der Waals surface area contributed by atoms with Crippen molar-refractivity contribution in [3.05, 3.63) is 28.2 Å². The fraction of sp³-hybridized carbons (Fsp3) is 0.500. The van der Waals surface area contributed by atoms with Gasteiger partial charge in [0.2, 0.25) is 0 Å². The maximum atomic E-state index is 6.10. The smallest absolute Gasteiger partial charge is 0.120 e. The first kappa shape index (κ1) is 12.5. The number of ether oxygens (including phenoxy) is 1. The molecule has 0 amide bonds. The van der Waals surface area contributed by atoms with E-state index in [0.717, 1.165) is 28.6 Å². The summed E-state index contributed by atoms with van der Waals surface area (Å²) >= 11 is 3.45. The van der Waals surface area contributed by atoms with Crippen LogP contribution in [0.4, 0.5) is 0 Å². The molecule has 1 atom stereocenters. The second kappa shape index (κ2) is 6.13. The van der Waals surface area contributed by atoms with E-state index in [1.807, 2.05) is 12.1 Å². The normalized spacial score (nSPS) is 12.5. The molecule has 0 aliphatic heterocycles. The van der Waals surface area contributed by atoms with E-state index < -0.39 is 0 Å². The Morgan fingerprint density at radius 2 is 2.13 bits per heavy atom. The molecule has 0 saturated carbocycles. The quantitative estimate of drug-likeness (QED) is 0.888. The molecule has 2 nitrogen and oxygen atoms in total. The Morgan fingerprint density at radius 3 is 2.73 bits per heavy atom. The Bertz CT molecular complexity index is 314. The molecule has 1 aromatic rings. The van der Waals surface area contributed by atoms with Crippen molar-refractivity contribution in [1.29, 1.82) is 0 Å². The Hall–Kier alpha value is -0.540. The van der Waals surface area contributed by atoms with E-state index in [4.69, 9.17) is 10.5 Å². The minimum atomic E-state index is 0.108. The van der Waals surface area contributed by atoms with Crippen LogP contribution in [0, 0.1) is 0 Å². The highest BCUT2D eigenvalue weighted by Gasteiger charge is 2.07. The highest BCUT2D eigenvalue weighted by Crippen LogP contribution is 2.26. The summed E-state index contributed by atoms with van der Waals surface area (Å²) in [6, 6.07) is 6.11. The van der Waals surface area contributed by atoms with Gasteiger partial charge in [0.05, 0.1) is 7.11 Å². The summed E-state index contributed by atoms with van der Waals surface area (Å²) in [7, 11) is 1.67. The third-order valence-corrected chi connectivity index (χ3v) is 2.88. The van der Waals surface area contributed by atoms with Crippen LogP contribution in [0.25, 0.3) is 0 Å². The fourth-order valence-electron chi connectivity index (χ4n) is 1.51.